The first kappa shape index (κ1) is 31.3. The van der Waals surface area contributed by atoms with Gasteiger partial charge >= 0.3 is 0 Å². The molecule has 228 valence electrons. The molecule has 10 heteroatoms. The zero-order chi connectivity index (χ0) is 30.0. The molecule has 2 aromatic carbocycles. The van der Waals surface area contributed by atoms with Crippen molar-refractivity contribution < 1.29 is 28.8 Å². The Morgan fingerprint density at radius 1 is 1.05 bits per heavy atom. The van der Waals surface area contributed by atoms with E-state index in [1.807, 2.05) is 61.8 Å². The lowest BCUT2D eigenvalue weighted by molar-refractivity contribution is -0.138. The van der Waals surface area contributed by atoms with Crippen LogP contribution in [0.2, 0.25) is 0 Å². The molecule has 1 aliphatic rings. The summed E-state index contributed by atoms with van der Waals surface area (Å²) in [5.41, 5.74) is 0.874. The predicted molar refractivity (Wildman–Crippen MR) is 160 cm³/mol. The number of imidazole rings is 1. The highest BCUT2D eigenvalue weighted by Gasteiger charge is 2.37. The van der Waals surface area contributed by atoms with Gasteiger partial charge in [0.05, 0.1) is 20.3 Å². The van der Waals surface area contributed by atoms with Crippen molar-refractivity contribution in [2.75, 3.05) is 60.2 Å². The highest BCUT2D eigenvalue weighted by Crippen LogP contribution is 2.29. The van der Waals surface area contributed by atoms with Crippen molar-refractivity contribution in [3.05, 3.63) is 71.8 Å². The third-order valence-electron chi connectivity index (χ3n) is 7.39. The van der Waals surface area contributed by atoms with Gasteiger partial charge in [0.1, 0.15) is 30.4 Å². The summed E-state index contributed by atoms with van der Waals surface area (Å²) in [7, 11) is 3.13. The molecule has 1 amide bonds. The molecule has 0 radical (unpaired) electrons. The Morgan fingerprint density at radius 2 is 1.86 bits per heavy atom. The normalized spacial score (nSPS) is 17.6. The lowest BCUT2D eigenvalue weighted by Gasteiger charge is -2.33. The van der Waals surface area contributed by atoms with Crippen LogP contribution in [-0.2, 0) is 29.0 Å². The van der Waals surface area contributed by atoms with Crippen LogP contribution in [0.3, 0.4) is 0 Å². The van der Waals surface area contributed by atoms with Gasteiger partial charge in [0.25, 0.3) is 0 Å². The molecule has 1 aliphatic heterocycles. The maximum absolute atomic E-state index is 12.7. The second-order valence-corrected chi connectivity index (χ2v) is 10.9. The lowest BCUT2D eigenvalue weighted by atomic mass is 10.0. The number of carbonyl (C=O) groups is 1. The number of amides is 1. The molecule has 0 aliphatic carbocycles. The minimum Gasteiger partial charge on any atom is -0.493 e. The fourth-order valence-corrected chi connectivity index (χ4v) is 5.21. The third kappa shape index (κ3) is 8.70. The van der Waals surface area contributed by atoms with E-state index >= 15 is 0 Å². The van der Waals surface area contributed by atoms with Gasteiger partial charge in [0.15, 0.2) is 11.5 Å². The Balaban J connectivity index is 1.40. The van der Waals surface area contributed by atoms with Crippen molar-refractivity contribution in [2.24, 2.45) is 0 Å². The first-order valence-corrected chi connectivity index (χ1v) is 14.5. The van der Waals surface area contributed by atoms with E-state index in [1.54, 1.807) is 12.0 Å². The quantitative estimate of drug-likeness (QED) is 0.290. The van der Waals surface area contributed by atoms with E-state index < -0.39 is 5.60 Å². The monoisotopic (exact) mass is 580 g/mol. The number of rotatable bonds is 14. The SMILES string of the molecule is CCc1nccn1CCCOc1ccc(CN2CCN(C(=O)COC)CC(O)(COc3ccc(C)cc3)C2)cc1OC. The van der Waals surface area contributed by atoms with Crippen molar-refractivity contribution in [3.8, 4) is 17.2 Å². The Bertz CT molecular complexity index is 1280. The average molecular weight is 581 g/mol. The highest BCUT2D eigenvalue weighted by atomic mass is 16.5. The number of methoxy groups -OCH3 is 2. The summed E-state index contributed by atoms with van der Waals surface area (Å²) in [4.78, 5) is 20.9. The topological polar surface area (TPSA) is 98.5 Å². The van der Waals surface area contributed by atoms with Crippen molar-refractivity contribution in [1.82, 2.24) is 19.4 Å². The fraction of sp³-hybridized carbons (Fsp3) is 0.500. The fourth-order valence-electron chi connectivity index (χ4n) is 5.21. The van der Waals surface area contributed by atoms with E-state index in [9.17, 15) is 9.90 Å². The molecule has 1 atom stereocenters. The number of nitrogens with zero attached hydrogens (tertiary/aromatic N) is 4. The van der Waals surface area contributed by atoms with Gasteiger partial charge in [-0.15, -0.1) is 0 Å². The number of aromatic nitrogens is 2. The van der Waals surface area contributed by atoms with Crippen LogP contribution in [0.15, 0.2) is 54.9 Å². The second-order valence-electron chi connectivity index (χ2n) is 10.9. The van der Waals surface area contributed by atoms with Crippen LogP contribution in [-0.4, -0.2) is 96.2 Å². The van der Waals surface area contributed by atoms with E-state index in [-0.39, 0.29) is 25.7 Å². The number of ether oxygens (including phenoxy) is 4. The molecule has 4 rings (SSSR count). The summed E-state index contributed by atoms with van der Waals surface area (Å²) in [6.07, 6.45) is 5.58. The van der Waals surface area contributed by atoms with E-state index in [1.165, 1.54) is 7.11 Å². The Hall–Kier alpha value is -3.60. The van der Waals surface area contributed by atoms with Gasteiger partial charge in [0.2, 0.25) is 5.91 Å². The van der Waals surface area contributed by atoms with Crippen molar-refractivity contribution >= 4 is 5.91 Å². The van der Waals surface area contributed by atoms with Gasteiger partial charge in [-0.05, 0) is 43.2 Å². The maximum atomic E-state index is 12.7. The molecular formula is C32H44N4O6. The average Bonchev–Trinajstić information content (AvgIpc) is 3.38. The van der Waals surface area contributed by atoms with Gasteiger partial charge < -0.3 is 33.5 Å². The Morgan fingerprint density at radius 3 is 2.60 bits per heavy atom. The predicted octanol–water partition coefficient (Wildman–Crippen LogP) is 3.33. The largest absolute Gasteiger partial charge is 0.493 e. The minimum absolute atomic E-state index is 0.0321. The molecule has 2 heterocycles. The first-order valence-electron chi connectivity index (χ1n) is 14.5. The molecule has 0 saturated carbocycles. The molecule has 3 aromatic rings. The van der Waals surface area contributed by atoms with Crippen LogP contribution < -0.4 is 14.2 Å². The standard InChI is InChI=1S/C32H44N4O6/c1-5-30-33-13-15-35(30)14-6-18-41-28-12-9-26(19-29(28)40-4)20-34-16-17-36(31(37)21-39-3)23-32(38,22-34)24-42-27-10-7-25(2)8-11-27/h7-13,15,19,38H,5-6,14,16-18,20-24H2,1-4H3. The number of aliphatic hydroxyl groups is 1. The molecule has 1 unspecified atom stereocenters. The van der Waals surface area contributed by atoms with E-state index in [4.69, 9.17) is 18.9 Å². The van der Waals surface area contributed by atoms with Crippen molar-refractivity contribution in [3.63, 3.8) is 0 Å². The van der Waals surface area contributed by atoms with E-state index in [2.05, 4.69) is 21.4 Å². The van der Waals surface area contributed by atoms with Crippen LogP contribution in [0.25, 0.3) is 0 Å². The van der Waals surface area contributed by atoms with Crippen LogP contribution >= 0.6 is 0 Å². The first-order chi connectivity index (χ1) is 20.3. The Labute approximate surface area is 248 Å². The maximum Gasteiger partial charge on any atom is 0.248 e. The third-order valence-corrected chi connectivity index (χ3v) is 7.39. The molecule has 42 heavy (non-hydrogen) atoms. The zero-order valence-corrected chi connectivity index (χ0v) is 25.3. The molecule has 0 spiro atoms. The molecule has 10 nitrogen and oxygen atoms in total. The van der Waals surface area contributed by atoms with E-state index in [0.717, 1.165) is 36.3 Å². The van der Waals surface area contributed by atoms with Gasteiger partial charge in [-0.2, -0.15) is 0 Å². The summed E-state index contributed by atoms with van der Waals surface area (Å²) >= 11 is 0. The van der Waals surface area contributed by atoms with Gasteiger partial charge in [-0.3, -0.25) is 9.69 Å². The molecular weight excluding hydrogens is 536 g/mol. The molecule has 1 fully saturated rings. The van der Waals surface area contributed by atoms with Gasteiger partial charge in [0, 0.05) is 58.6 Å². The van der Waals surface area contributed by atoms with Crippen LogP contribution in [0.4, 0.5) is 0 Å². The summed E-state index contributed by atoms with van der Waals surface area (Å²) < 4.78 is 24.9. The highest BCUT2D eigenvalue weighted by molar-refractivity contribution is 5.77. The molecule has 1 aromatic heterocycles. The van der Waals surface area contributed by atoms with Gasteiger partial charge in [-0.1, -0.05) is 30.7 Å². The summed E-state index contributed by atoms with van der Waals surface area (Å²) in [6, 6.07) is 13.6. The van der Waals surface area contributed by atoms with Crippen LogP contribution in [0.1, 0.15) is 30.3 Å². The van der Waals surface area contributed by atoms with Crippen LogP contribution in [0, 0.1) is 6.92 Å². The molecule has 1 N–H and O–H groups in total. The van der Waals surface area contributed by atoms with Crippen molar-refractivity contribution in [1.29, 1.82) is 0 Å². The molecule has 0 bridgehead atoms. The number of hydrogen-bond donors (Lipinski definition) is 1. The zero-order valence-electron chi connectivity index (χ0n) is 25.3. The van der Waals surface area contributed by atoms with E-state index in [0.29, 0.717) is 50.0 Å². The number of benzene rings is 2. The molecule has 1 saturated heterocycles. The Kier molecular flexibility index (Phi) is 11.2. The number of aryl methyl sites for hydroxylation is 3. The second kappa shape index (κ2) is 15.0. The summed E-state index contributed by atoms with van der Waals surface area (Å²) in [5, 5.41) is 11.7. The summed E-state index contributed by atoms with van der Waals surface area (Å²) in [6.45, 7) is 7.67. The number of carbonyl (C=O) groups excluding carboxylic acids is 1. The lowest BCUT2D eigenvalue weighted by Crippen LogP contribution is -2.52. The minimum atomic E-state index is -1.27. The number of β-amino-alcohol motifs (C(OH)–C–C–N with tert-alkyl or cyclic N) is 1. The van der Waals surface area contributed by atoms with Crippen LogP contribution in [0.5, 0.6) is 17.2 Å². The number of hydrogen-bond acceptors (Lipinski definition) is 8. The van der Waals surface area contributed by atoms with Gasteiger partial charge in [-0.25, -0.2) is 4.98 Å². The summed E-state index contributed by atoms with van der Waals surface area (Å²) in [5.74, 6) is 2.95. The smallest absolute Gasteiger partial charge is 0.248 e. The van der Waals surface area contributed by atoms with Crippen molar-refractivity contribution in [2.45, 2.75) is 45.4 Å².